The van der Waals surface area contributed by atoms with E-state index in [1.54, 1.807) is 7.11 Å². The van der Waals surface area contributed by atoms with Crippen molar-refractivity contribution in [2.24, 2.45) is 0 Å². The van der Waals surface area contributed by atoms with Gasteiger partial charge in [0.1, 0.15) is 0 Å². The third kappa shape index (κ3) is 4.04. The first kappa shape index (κ1) is 15.5. The van der Waals surface area contributed by atoms with Crippen LogP contribution >= 0.6 is 15.9 Å². The first-order chi connectivity index (χ1) is 9.65. The fourth-order valence-electron chi connectivity index (χ4n) is 2.18. The number of halogens is 1. The molecule has 0 radical (unpaired) electrons. The van der Waals surface area contributed by atoms with E-state index in [4.69, 9.17) is 9.47 Å². The summed E-state index contributed by atoms with van der Waals surface area (Å²) in [4.78, 5) is 13.9. The molecule has 0 amide bonds. The number of carbonyl (C=O) groups is 1. The van der Waals surface area contributed by atoms with Gasteiger partial charge in [-0.25, -0.2) is 4.79 Å². The molecule has 1 aromatic carbocycles. The molecular formula is C15H20BrNO3. The first-order valence-corrected chi connectivity index (χ1v) is 7.54. The molecule has 5 heteroatoms. The minimum absolute atomic E-state index is 0.310. The van der Waals surface area contributed by atoms with Gasteiger partial charge in [-0.2, -0.15) is 0 Å². The van der Waals surface area contributed by atoms with Crippen LogP contribution < -0.4 is 0 Å². The highest BCUT2D eigenvalue weighted by molar-refractivity contribution is 9.10. The van der Waals surface area contributed by atoms with Crippen LogP contribution in [0.4, 0.5) is 0 Å². The fraction of sp³-hybridized carbons (Fsp3) is 0.533. The van der Waals surface area contributed by atoms with E-state index in [0.717, 1.165) is 24.2 Å². The topological polar surface area (TPSA) is 38.8 Å². The standard InChI is InChI=1S/C15H20BrNO3/c1-19-8-7-17(13-5-6-13)10-12-4-3-11(9-14(12)16)15(18)20-2/h3-4,9,13H,5-8,10H2,1-2H3. The average Bonchev–Trinajstić information content (AvgIpc) is 3.28. The molecule has 1 saturated carbocycles. The molecule has 0 N–H and O–H groups in total. The predicted molar refractivity (Wildman–Crippen MR) is 80.8 cm³/mol. The third-order valence-electron chi connectivity index (χ3n) is 3.49. The van der Waals surface area contributed by atoms with Crippen molar-refractivity contribution in [3.8, 4) is 0 Å². The van der Waals surface area contributed by atoms with Gasteiger partial charge in [0.15, 0.2) is 0 Å². The monoisotopic (exact) mass is 341 g/mol. The molecule has 0 aromatic heterocycles. The molecule has 0 unspecified atom stereocenters. The summed E-state index contributed by atoms with van der Waals surface area (Å²) in [5.74, 6) is -0.310. The Hall–Kier alpha value is -0.910. The maximum absolute atomic E-state index is 11.5. The molecule has 2 rings (SSSR count). The molecule has 4 nitrogen and oxygen atoms in total. The Balaban J connectivity index is 2.05. The summed E-state index contributed by atoms with van der Waals surface area (Å²) in [6.45, 7) is 2.55. The molecule has 0 spiro atoms. The van der Waals surface area contributed by atoms with Crippen LogP contribution in [0.25, 0.3) is 0 Å². The molecule has 1 aliphatic carbocycles. The zero-order valence-corrected chi connectivity index (χ0v) is 13.5. The number of carbonyl (C=O) groups excluding carboxylic acids is 1. The van der Waals surface area contributed by atoms with E-state index in [1.807, 2.05) is 18.2 Å². The van der Waals surface area contributed by atoms with Crippen molar-refractivity contribution in [3.05, 3.63) is 33.8 Å². The van der Waals surface area contributed by atoms with E-state index in [9.17, 15) is 4.79 Å². The lowest BCUT2D eigenvalue weighted by Crippen LogP contribution is -2.29. The van der Waals surface area contributed by atoms with E-state index in [2.05, 4.69) is 20.8 Å². The van der Waals surface area contributed by atoms with Gasteiger partial charge in [0.05, 0.1) is 19.3 Å². The summed E-state index contributed by atoms with van der Waals surface area (Å²) >= 11 is 3.55. The highest BCUT2D eigenvalue weighted by Gasteiger charge is 2.29. The van der Waals surface area contributed by atoms with Crippen LogP contribution in [0.15, 0.2) is 22.7 Å². The molecule has 0 bridgehead atoms. The number of esters is 1. The first-order valence-electron chi connectivity index (χ1n) is 6.75. The molecule has 0 heterocycles. The summed E-state index contributed by atoms with van der Waals surface area (Å²) in [5.41, 5.74) is 1.75. The molecule has 1 aliphatic rings. The molecule has 0 saturated heterocycles. The lowest BCUT2D eigenvalue weighted by atomic mass is 10.1. The quantitative estimate of drug-likeness (QED) is 0.715. The van der Waals surface area contributed by atoms with E-state index in [-0.39, 0.29) is 5.97 Å². The normalized spacial score (nSPS) is 14.6. The predicted octanol–water partition coefficient (Wildman–Crippen LogP) is 2.85. The molecule has 0 atom stereocenters. The zero-order chi connectivity index (χ0) is 14.5. The van der Waals surface area contributed by atoms with Gasteiger partial charge >= 0.3 is 5.97 Å². The summed E-state index contributed by atoms with van der Waals surface area (Å²) < 4.78 is 10.8. The lowest BCUT2D eigenvalue weighted by molar-refractivity contribution is 0.0600. The highest BCUT2D eigenvalue weighted by Crippen LogP contribution is 2.30. The summed E-state index contributed by atoms with van der Waals surface area (Å²) in [6, 6.07) is 6.30. The van der Waals surface area contributed by atoms with Crippen LogP contribution in [0.3, 0.4) is 0 Å². The lowest BCUT2D eigenvalue weighted by Gasteiger charge is -2.22. The van der Waals surface area contributed by atoms with Crippen molar-refractivity contribution >= 4 is 21.9 Å². The van der Waals surface area contributed by atoms with Crippen LogP contribution in [0.1, 0.15) is 28.8 Å². The van der Waals surface area contributed by atoms with E-state index in [0.29, 0.717) is 11.6 Å². The SMILES string of the molecule is COCCN(Cc1ccc(C(=O)OC)cc1Br)C1CC1. The minimum atomic E-state index is -0.310. The number of rotatable bonds is 7. The molecule has 20 heavy (non-hydrogen) atoms. The second-order valence-electron chi connectivity index (χ2n) is 4.99. The largest absolute Gasteiger partial charge is 0.465 e. The van der Waals surface area contributed by atoms with Crippen LogP contribution in [-0.2, 0) is 16.0 Å². The Morgan fingerprint density at radius 2 is 2.15 bits per heavy atom. The average molecular weight is 342 g/mol. The molecule has 1 fully saturated rings. The molecule has 110 valence electrons. The second kappa shape index (κ2) is 7.20. The van der Waals surface area contributed by atoms with Gasteiger partial charge in [-0.15, -0.1) is 0 Å². The highest BCUT2D eigenvalue weighted by atomic mass is 79.9. The Morgan fingerprint density at radius 3 is 2.70 bits per heavy atom. The van der Waals surface area contributed by atoms with E-state index >= 15 is 0 Å². The summed E-state index contributed by atoms with van der Waals surface area (Å²) in [5, 5.41) is 0. The van der Waals surface area contributed by atoms with Crippen LogP contribution in [0.2, 0.25) is 0 Å². The zero-order valence-electron chi connectivity index (χ0n) is 11.9. The van der Waals surface area contributed by atoms with Crippen molar-refractivity contribution in [1.29, 1.82) is 0 Å². The Labute approximate surface area is 128 Å². The van der Waals surface area contributed by atoms with Gasteiger partial charge in [0.2, 0.25) is 0 Å². The van der Waals surface area contributed by atoms with Gasteiger partial charge in [-0.1, -0.05) is 22.0 Å². The summed E-state index contributed by atoms with van der Waals surface area (Å²) in [6.07, 6.45) is 2.53. The fourth-order valence-corrected chi connectivity index (χ4v) is 2.68. The summed E-state index contributed by atoms with van der Waals surface area (Å²) in [7, 11) is 3.12. The molecule has 0 aliphatic heterocycles. The van der Waals surface area contributed by atoms with Gasteiger partial charge in [-0.05, 0) is 30.5 Å². The maximum atomic E-state index is 11.5. The molecule has 1 aromatic rings. The Bertz CT molecular complexity index is 474. The Morgan fingerprint density at radius 1 is 1.40 bits per heavy atom. The van der Waals surface area contributed by atoms with E-state index < -0.39 is 0 Å². The number of hydrogen-bond acceptors (Lipinski definition) is 4. The number of ether oxygens (including phenoxy) is 2. The minimum Gasteiger partial charge on any atom is -0.465 e. The van der Waals surface area contributed by atoms with Crippen LogP contribution in [-0.4, -0.2) is 44.3 Å². The number of nitrogens with zero attached hydrogens (tertiary/aromatic N) is 1. The molecular weight excluding hydrogens is 322 g/mol. The van der Waals surface area contributed by atoms with Crippen molar-refractivity contribution < 1.29 is 14.3 Å². The Kier molecular flexibility index (Phi) is 5.57. The van der Waals surface area contributed by atoms with Crippen molar-refractivity contribution in [2.45, 2.75) is 25.4 Å². The second-order valence-corrected chi connectivity index (χ2v) is 5.85. The third-order valence-corrected chi connectivity index (χ3v) is 4.23. The van der Waals surface area contributed by atoms with Crippen molar-refractivity contribution in [3.63, 3.8) is 0 Å². The van der Waals surface area contributed by atoms with Crippen molar-refractivity contribution in [1.82, 2.24) is 4.90 Å². The van der Waals surface area contributed by atoms with Crippen LogP contribution in [0.5, 0.6) is 0 Å². The van der Waals surface area contributed by atoms with Gasteiger partial charge in [-0.3, -0.25) is 4.90 Å². The van der Waals surface area contributed by atoms with Crippen molar-refractivity contribution in [2.75, 3.05) is 27.4 Å². The van der Waals surface area contributed by atoms with E-state index in [1.165, 1.54) is 25.5 Å². The number of methoxy groups -OCH3 is 2. The van der Waals surface area contributed by atoms with Gasteiger partial charge < -0.3 is 9.47 Å². The maximum Gasteiger partial charge on any atom is 0.337 e. The van der Waals surface area contributed by atoms with Crippen LogP contribution in [0, 0.1) is 0 Å². The number of hydrogen-bond donors (Lipinski definition) is 0. The van der Waals surface area contributed by atoms with Gasteiger partial charge in [0.25, 0.3) is 0 Å². The number of benzene rings is 1. The smallest absolute Gasteiger partial charge is 0.337 e. The van der Waals surface area contributed by atoms with Gasteiger partial charge in [0, 0.05) is 30.7 Å².